The first-order chi connectivity index (χ1) is 6.16. The molecule has 0 aliphatic carbocycles. The van der Waals surface area contributed by atoms with Gasteiger partial charge in [-0.15, -0.1) is 12.4 Å². The Hall–Kier alpha value is -1.00. The van der Waals surface area contributed by atoms with E-state index in [0.29, 0.717) is 18.7 Å². The molecule has 4 nitrogen and oxygen atoms in total. The largest absolute Gasteiger partial charge is 0.503 e. The Bertz CT molecular complexity index is 348. The molecule has 1 rings (SSSR count). The first kappa shape index (κ1) is 13.0. The van der Waals surface area contributed by atoms with Gasteiger partial charge in [0.15, 0.2) is 5.75 Å². The minimum Gasteiger partial charge on any atom is -0.503 e. The average molecular weight is 220 g/mol. The summed E-state index contributed by atoms with van der Waals surface area (Å²) in [7, 11) is 0. The number of rotatable bonds is 3. The van der Waals surface area contributed by atoms with Crippen LogP contribution in [0, 0.1) is 6.92 Å². The Balaban J connectivity index is 0.00000169. The van der Waals surface area contributed by atoms with Crippen LogP contribution in [0.15, 0.2) is 17.1 Å². The van der Waals surface area contributed by atoms with Gasteiger partial charge in [0.25, 0.3) is 0 Å². The van der Waals surface area contributed by atoms with E-state index in [1.165, 1.54) is 6.07 Å². The highest BCUT2D eigenvalue weighted by Crippen LogP contribution is 2.09. The Morgan fingerprint density at radius 2 is 2.14 bits per heavy atom. The first-order valence-electron chi connectivity index (χ1n) is 4.16. The van der Waals surface area contributed by atoms with E-state index < -0.39 is 0 Å². The normalized spacial score (nSPS) is 9.57. The number of aromatic nitrogens is 1. The van der Waals surface area contributed by atoms with Crippen molar-refractivity contribution in [1.82, 2.24) is 4.57 Å². The third-order valence-corrected chi connectivity index (χ3v) is 1.97. The summed E-state index contributed by atoms with van der Waals surface area (Å²) in [6.07, 6.45) is 2.23. The lowest BCUT2D eigenvalue weighted by atomic mass is 10.3. The Kier molecular flexibility index (Phi) is 5.27. The molecule has 0 spiro atoms. The van der Waals surface area contributed by atoms with E-state index in [2.05, 4.69) is 0 Å². The van der Waals surface area contributed by atoms with Crippen molar-refractivity contribution in [3.63, 3.8) is 0 Å². The Morgan fingerprint density at radius 3 is 2.71 bits per heavy atom. The number of aromatic hydroxyl groups is 1. The molecule has 0 aromatic carbocycles. The number of hydrogen-bond donors (Lipinski definition) is 2. The second-order valence-corrected chi connectivity index (χ2v) is 2.88. The third-order valence-electron chi connectivity index (χ3n) is 1.97. The smallest absolute Gasteiger partial charge is 0.223 e. The summed E-state index contributed by atoms with van der Waals surface area (Å²) in [5.74, 6) is -0.208. The molecule has 0 fully saturated rings. The van der Waals surface area contributed by atoms with Crippen molar-refractivity contribution in [2.24, 2.45) is 0 Å². The summed E-state index contributed by atoms with van der Waals surface area (Å²) in [6, 6.07) is 1.32. The van der Waals surface area contributed by atoms with Gasteiger partial charge >= 0.3 is 0 Å². The van der Waals surface area contributed by atoms with E-state index in [9.17, 15) is 9.90 Å². The standard InChI is InChI=1S/C9H13NO3.ClH/c1-7-9(13)8(12)3-5-10(7)4-2-6-11;/h3,5,11,13H,2,4,6H2,1H3;1H. The van der Waals surface area contributed by atoms with Crippen LogP contribution in [0.4, 0.5) is 0 Å². The maximum absolute atomic E-state index is 11.0. The highest BCUT2D eigenvalue weighted by molar-refractivity contribution is 5.85. The molecule has 80 valence electrons. The van der Waals surface area contributed by atoms with Crippen molar-refractivity contribution >= 4 is 12.4 Å². The maximum Gasteiger partial charge on any atom is 0.223 e. The fourth-order valence-corrected chi connectivity index (χ4v) is 1.15. The Labute approximate surface area is 88.2 Å². The topological polar surface area (TPSA) is 62.5 Å². The summed E-state index contributed by atoms with van der Waals surface area (Å²) < 4.78 is 1.74. The molecule has 14 heavy (non-hydrogen) atoms. The second-order valence-electron chi connectivity index (χ2n) is 2.88. The molecule has 0 saturated heterocycles. The van der Waals surface area contributed by atoms with Crippen LogP contribution in [0.5, 0.6) is 5.75 Å². The van der Waals surface area contributed by atoms with Gasteiger partial charge in [-0.05, 0) is 13.3 Å². The van der Waals surface area contributed by atoms with E-state index in [-0.39, 0.29) is 30.2 Å². The van der Waals surface area contributed by atoms with Crippen LogP contribution in [0.1, 0.15) is 12.1 Å². The minimum absolute atomic E-state index is 0. The van der Waals surface area contributed by atoms with Crippen LogP contribution in [-0.2, 0) is 6.54 Å². The number of aliphatic hydroxyl groups is 1. The van der Waals surface area contributed by atoms with E-state index in [0.717, 1.165) is 0 Å². The van der Waals surface area contributed by atoms with Gasteiger partial charge in [0.2, 0.25) is 5.43 Å². The second kappa shape index (κ2) is 5.67. The molecular formula is C9H14ClNO3. The number of pyridine rings is 1. The van der Waals surface area contributed by atoms with Gasteiger partial charge in [-0.25, -0.2) is 0 Å². The lowest BCUT2D eigenvalue weighted by Gasteiger charge is -2.09. The summed E-state index contributed by atoms with van der Waals surface area (Å²) in [5.41, 5.74) is 0.179. The predicted octanol–water partition coefficient (Wildman–Crippen LogP) is 0.667. The van der Waals surface area contributed by atoms with Gasteiger partial charge in [0.05, 0.1) is 5.69 Å². The summed E-state index contributed by atoms with van der Waals surface area (Å²) in [6.45, 7) is 2.39. The van der Waals surface area contributed by atoms with Gasteiger partial charge in [0, 0.05) is 25.4 Å². The van der Waals surface area contributed by atoms with Gasteiger partial charge in [0.1, 0.15) is 0 Å². The van der Waals surface area contributed by atoms with Crippen molar-refractivity contribution in [3.05, 3.63) is 28.2 Å². The minimum atomic E-state index is -0.363. The lowest BCUT2D eigenvalue weighted by Crippen LogP contribution is -2.10. The molecule has 1 aromatic rings. The highest BCUT2D eigenvalue weighted by Gasteiger charge is 2.03. The molecule has 0 unspecified atom stereocenters. The van der Waals surface area contributed by atoms with E-state index in [4.69, 9.17) is 5.11 Å². The zero-order valence-electron chi connectivity index (χ0n) is 7.93. The third kappa shape index (κ3) is 2.75. The highest BCUT2D eigenvalue weighted by atomic mass is 35.5. The van der Waals surface area contributed by atoms with E-state index >= 15 is 0 Å². The van der Waals surface area contributed by atoms with Crippen LogP contribution in [-0.4, -0.2) is 21.4 Å². The van der Waals surface area contributed by atoms with Gasteiger partial charge in [-0.3, -0.25) is 4.79 Å². The van der Waals surface area contributed by atoms with E-state index in [1.807, 2.05) is 0 Å². The van der Waals surface area contributed by atoms with Crippen molar-refractivity contribution in [3.8, 4) is 5.75 Å². The number of halogens is 1. The average Bonchev–Trinajstić information content (AvgIpc) is 2.13. The van der Waals surface area contributed by atoms with Crippen LogP contribution in [0.25, 0.3) is 0 Å². The predicted molar refractivity (Wildman–Crippen MR) is 56.1 cm³/mol. The molecule has 0 bridgehead atoms. The quantitative estimate of drug-likeness (QED) is 0.786. The van der Waals surface area contributed by atoms with Crippen molar-refractivity contribution in [1.29, 1.82) is 0 Å². The molecular weight excluding hydrogens is 206 g/mol. The van der Waals surface area contributed by atoms with Crippen LogP contribution in [0.2, 0.25) is 0 Å². The summed E-state index contributed by atoms with van der Waals surface area (Å²) in [4.78, 5) is 11.0. The fourth-order valence-electron chi connectivity index (χ4n) is 1.15. The molecule has 5 heteroatoms. The SMILES string of the molecule is Cc1c(O)c(=O)ccn1CCCO.Cl. The number of hydrogen-bond acceptors (Lipinski definition) is 3. The Morgan fingerprint density at radius 1 is 1.50 bits per heavy atom. The van der Waals surface area contributed by atoms with Crippen molar-refractivity contribution in [2.75, 3.05) is 6.61 Å². The van der Waals surface area contributed by atoms with Crippen molar-refractivity contribution in [2.45, 2.75) is 19.9 Å². The fraction of sp³-hybridized carbons (Fsp3) is 0.444. The maximum atomic E-state index is 11.0. The van der Waals surface area contributed by atoms with E-state index in [1.54, 1.807) is 17.7 Å². The molecule has 0 amide bonds. The number of aryl methyl sites for hydroxylation is 1. The van der Waals surface area contributed by atoms with Gasteiger partial charge < -0.3 is 14.8 Å². The zero-order valence-corrected chi connectivity index (χ0v) is 8.75. The van der Waals surface area contributed by atoms with Crippen LogP contribution < -0.4 is 5.43 Å². The summed E-state index contributed by atoms with van der Waals surface area (Å²) in [5, 5.41) is 17.9. The molecule has 0 atom stereocenters. The first-order valence-corrected chi connectivity index (χ1v) is 4.16. The van der Waals surface area contributed by atoms with Crippen molar-refractivity contribution < 1.29 is 10.2 Å². The van der Waals surface area contributed by atoms with Crippen LogP contribution in [0.3, 0.4) is 0 Å². The molecule has 0 aliphatic rings. The zero-order chi connectivity index (χ0) is 9.84. The lowest BCUT2D eigenvalue weighted by molar-refractivity contribution is 0.278. The monoisotopic (exact) mass is 219 g/mol. The van der Waals surface area contributed by atoms with Gasteiger partial charge in [-0.2, -0.15) is 0 Å². The van der Waals surface area contributed by atoms with Crippen LogP contribution >= 0.6 is 12.4 Å². The van der Waals surface area contributed by atoms with Gasteiger partial charge in [-0.1, -0.05) is 0 Å². The molecule has 1 heterocycles. The molecule has 0 aliphatic heterocycles. The number of nitrogens with zero attached hydrogens (tertiary/aromatic N) is 1. The molecule has 2 N–H and O–H groups in total. The number of aliphatic hydroxyl groups excluding tert-OH is 1. The molecule has 1 aromatic heterocycles. The molecule has 0 radical (unpaired) electrons. The summed E-state index contributed by atoms with van der Waals surface area (Å²) >= 11 is 0. The molecule has 0 saturated carbocycles.